The molecule has 4 aromatic carbocycles. The molecule has 0 bridgehead atoms. The average molecular weight is 533 g/mol. The maximum atomic E-state index is 13.8. The number of hydrogen-bond donors (Lipinski definition) is 1. The van der Waals surface area contributed by atoms with Gasteiger partial charge in [-0.25, -0.2) is 9.37 Å². The van der Waals surface area contributed by atoms with Gasteiger partial charge in [0.05, 0.1) is 18.1 Å². The van der Waals surface area contributed by atoms with E-state index in [9.17, 15) is 9.50 Å². The van der Waals surface area contributed by atoms with Gasteiger partial charge in [-0.3, -0.25) is 0 Å². The Kier molecular flexibility index (Phi) is 6.86. The van der Waals surface area contributed by atoms with Crippen molar-refractivity contribution >= 4 is 21.4 Å². The Balaban J connectivity index is 1.37. The molecule has 6 rings (SSSR count). The summed E-state index contributed by atoms with van der Waals surface area (Å²) < 4.78 is 17.0. The van der Waals surface area contributed by atoms with Gasteiger partial charge in [-0.05, 0) is 65.6 Å². The van der Waals surface area contributed by atoms with Crippen molar-refractivity contribution in [1.29, 1.82) is 0 Å². The van der Waals surface area contributed by atoms with Crippen LogP contribution in [0.4, 0.5) is 4.39 Å². The Labute approximate surface area is 231 Å². The molecular formula is C34H29FN2OS. The van der Waals surface area contributed by atoms with Crippen LogP contribution in [0, 0.1) is 12.7 Å². The first-order chi connectivity index (χ1) is 19.1. The van der Waals surface area contributed by atoms with E-state index >= 15 is 0 Å². The van der Waals surface area contributed by atoms with E-state index in [0.717, 1.165) is 42.9 Å². The molecular weight excluding hydrogens is 503 g/mol. The minimum atomic E-state index is -0.641. The van der Waals surface area contributed by atoms with Crippen molar-refractivity contribution < 1.29 is 9.50 Å². The number of fused-ring (bicyclic) bond motifs is 1. The van der Waals surface area contributed by atoms with Gasteiger partial charge >= 0.3 is 0 Å². The van der Waals surface area contributed by atoms with Crippen molar-refractivity contribution in [2.24, 2.45) is 0 Å². The first-order valence-electron chi connectivity index (χ1n) is 13.1. The number of imidazole rings is 1. The Hall–Kier alpha value is -4.06. The number of aliphatic hydroxyl groups excluding tert-OH is 1. The van der Waals surface area contributed by atoms with Crippen molar-refractivity contribution in [3.05, 3.63) is 160 Å². The standard InChI is InChI=1S/C34H29FN2OS/c1-24-30-21-28(35)17-20-32(30)39-33(24)31(38)19-18-29-22-37(23-36-29)34(25-11-5-2-6-12-25,26-13-7-3-8-14-26)27-15-9-4-10-16-27/h2-17,20-23,31,38H,18-19H2,1H3. The van der Waals surface area contributed by atoms with Crippen LogP contribution in [-0.4, -0.2) is 14.7 Å². The molecule has 2 heterocycles. The summed E-state index contributed by atoms with van der Waals surface area (Å²) in [7, 11) is 0. The van der Waals surface area contributed by atoms with Crippen molar-refractivity contribution in [2.75, 3.05) is 0 Å². The van der Waals surface area contributed by atoms with Crippen LogP contribution in [0.2, 0.25) is 0 Å². The lowest BCUT2D eigenvalue weighted by atomic mass is 9.77. The number of rotatable bonds is 8. The van der Waals surface area contributed by atoms with E-state index in [0.29, 0.717) is 12.8 Å². The molecule has 0 saturated carbocycles. The monoisotopic (exact) mass is 532 g/mol. The minimum absolute atomic E-state index is 0.256. The predicted molar refractivity (Wildman–Crippen MR) is 157 cm³/mol. The van der Waals surface area contributed by atoms with Gasteiger partial charge in [-0.15, -0.1) is 11.3 Å². The Morgan fingerprint density at radius 2 is 1.41 bits per heavy atom. The number of aryl methyl sites for hydroxylation is 2. The Morgan fingerprint density at radius 1 is 0.846 bits per heavy atom. The second-order valence-electron chi connectivity index (χ2n) is 9.87. The van der Waals surface area contributed by atoms with E-state index in [1.54, 1.807) is 12.1 Å². The summed E-state index contributed by atoms with van der Waals surface area (Å²) in [5.74, 6) is -0.256. The number of thiophene rings is 1. The van der Waals surface area contributed by atoms with E-state index in [-0.39, 0.29) is 5.82 Å². The molecule has 39 heavy (non-hydrogen) atoms. The highest BCUT2D eigenvalue weighted by molar-refractivity contribution is 7.19. The van der Waals surface area contributed by atoms with Crippen LogP contribution in [0.5, 0.6) is 0 Å². The third kappa shape index (κ3) is 4.58. The highest BCUT2D eigenvalue weighted by Crippen LogP contribution is 2.41. The van der Waals surface area contributed by atoms with Crippen LogP contribution in [0.15, 0.2) is 122 Å². The number of aliphatic hydroxyl groups is 1. The minimum Gasteiger partial charge on any atom is -0.388 e. The fraction of sp³-hybridized carbons (Fsp3) is 0.147. The molecule has 0 saturated heterocycles. The van der Waals surface area contributed by atoms with Crippen LogP contribution in [0.1, 0.15) is 45.3 Å². The lowest BCUT2D eigenvalue weighted by Crippen LogP contribution is -2.36. The van der Waals surface area contributed by atoms with E-state index < -0.39 is 11.6 Å². The Bertz CT molecular complexity index is 1600. The van der Waals surface area contributed by atoms with Crippen molar-refractivity contribution in [3.8, 4) is 0 Å². The van der Waals surface area contributed by atoms with Crippen molar-refractivity contribution in [2.45, 2.75) is 31.4 Å². The summed E-state index contributed by atoms with van der Waals surface area (Å²) in [6.45, 7) is 1.96. The zero-order chi connectivity index (χ0) is 26.8. The van der Waals surface area contributed by atoms with Gasteiger partial charge in [0.2, 0.25) is 0 Å². The van der Waals surface area contributed by atoms with E-state index in [2.05, 4.69) is 83.6 Å². The number of hydrogen-bond acceptors (Lipinski definition) is 3. The van der Waals surface area contributed by atoms with E-state index in [1.165, 1.54) is 17.4 Å². The zero-order valence-corrected chi connectivity index (χ0v) is 22.5. The molecule has 1 unspecified atom stereocenters. The molecule has 2 aromatic heterocycles. The second-order valence-corrected chi connectivity index (χ2v) is 11.0. The number of benzene rings is 4. The lowest BCUT2D eigenvalue weighted by molar-refractivity contribution is 0.170. The summed E-state index contributed by atoms with van der Waals surface area (Å²) in [5, 5.41) is 12.0. The quantitative estimate of drug-likeness (QED) is 0.201. The van der Waals surface area contributed by atoms with E-state index in [1.807, 2.05) is 31.5 Å². The molecule has 0 amide bonds. The first-order valence-corrected chi connectivity index (χ1v) is 14.0. The molecule has 0 spiro atoms. The normalized spacial score (nSPS) is 12.6. The lowest BCUT2D eigenvalue weighted by Gasteiger charge is -2.37. The van der Waals surface area contributed by atoms with Crippen LogP contribution < -0.4 is 0 Å². The van der Waals surface area contributed by atoms with Crippen LogP contribution in [0.25, 0.3) is 10.1 Å². The molecule has 0 radical (unpaired) electrons. The molecule has 3 nitrogen and oxygen atoms in total. The van der Waals surface area contributed by atoms with Gasteiger partial charge in [0.15, 0.2) is 0 Å². The maximum Gasteiger partial charge on any atom is 0.123 e. The molecule has 194 valence electrons. The van der Waals surface area contributed by atoms with E-state index in [4.69, 9.17) is 4.98 Å². The fourth-order valence-corrected chi connectivity index (χ4v) is 6.82. The summed E-state index contributed by atoms with van der Waals surface area (Å²) in [5.41, 5.74) is 4.66. The summed E-state index contributed by atoms with van der Waals surface area (Å²) in [4.78, 5) is 5.70. The third-order valence-corrected chi connectivity index (χ3v) is 8.88. The van der Waals surface area contributed by atoms with Gasteiger partial charge in [-0.2, -0.15) is 0 Å². The highest BCUT2D eigenvalue weighted by atomic mass is 32.1. The molecule has 5 heteroatoms. The summed E-state index contributed by atoms with van der Waals surface area (Å²) >= 11 is 1.53. The highest BCUT2D eigenvalue weighted by Gasteiger charge is 2.38. The number of aromatic nitrogens is 2. The first kappa shape index (κ1) is 25.2. The van der Waals surface area contributed by atoms with Crippen molar-refractivity contribution in [3.63, 3.8) is 0 Å². The van der Waals surface area contributed by atoms with Crippen LogP contribution in [0.3, 0.4) is 0 Å². The van der Waals surface area contributed by atoms with Gasteiger partial charge in [0.1, 0.15) is 11.4 Å². The number of halogens is 1. The topological polar surface area (TPSA) is 38.0 Å². The summed E-state index contributed by atoms with van der Waals surface area (Å²) in [6, 6.07) is 36.3. The SMILES string of the molecule is Cc1c(C(O)CCc2cn(C(c3ccccc3)(c3ccccc3)c3ccccc3)cn2)sc2ccc(F)cc12. The average Bonchev–Trinajstić information content (AvgIpc) is 3.59. The largest absolute Gasteiger partial charge is 0.388 e. The van der Waals surface area contributed by atoms with Gasteiger partial charge in [0.25, 0.3) is 0 Å². The van der Waals surface area contributed by atoms with Gasteiger partial charge in [0, 0.05) is 15.8 Å². The van der Waals surface area contributed by atoms with Crippen LogP contribution in [-0.2, 0) is 12.0 Å². The molecule has 0 aliphatic heterocycles. The third-order valence-electron chi connectivity index (χ3n) is 7.51. The van der Waals surface area contributed by atoms with Gasteiger partial charge in [-0.1, -0.05) is 91.0 Å². The van der Waals surface area contributed by atoms with Crippen LogP contribution >= 0.6 is 11.3 Å². The fourth-order valence-electron chi connectivity index (χ4n) is 5.61. The maximum absolute atomic E-state index is 13.8. The second kappa shape index (κ2) is 10.6. The van der Waals surface area contributed by atoms with Crippen molar-refractivity contribution in [1.82, 2.24) is 9.55 Å². The molecule has 0 aliphatic carbocycles. The van der Waals surface area contributed by atoms with Gasteiger partial charge < -0.3 is 9.67 Å². The predicted octanol–water partition coefficient (Wildman–Crippen LogP) is 8.05. The summed E-state index contributed by atoms with van der Waals surface area (Å²) in [6.07, 6.45) is 4.51. The molecule has 0 aliphatic rings. The molecule has 0 fully saturated rings. The Morgan fingerprint density at radius 3 is 1.97 bits per heavy atom. The smallest absolute Gasteiger partial charge is 0.123 e. The number of nitrogens with zero attached hydrogens (tertiary/aromatic N) is 2. The molecule has 6 aromatic rings. The zero-order valence-electron chi connectivity index (χ0n) is 21.7. The molecule has 1 N–H and O–H groups in total. The molecule has 1 atom stereocenters.